The number of hydrogen-bond acceptors (Lipinski definition) is 1. The Labute approximate surface area is 132 Å². The molecule has 1 heteroatoms. The minimum Gasteiger partial charge on any atom is -0.299 e. The van der Waals surface area contributed by atoms with Crippen LogP contribution in [0.1, 0.15) is 42.7 Å². The molecule has 0 bridgehead atoms. The van der Waals surface area contributed by atoms with E-state index in [1.807, 2.05) is 42.5 Å². The molecule has 2 aromatic carbocycles. The van der Waals surface area contributed by atoms with E-state index in [9.17, 15) is 4.79 Å². The standard InChI is InChI=1S/C21H22O/c1-2-19(17-11-5-3-6-12-17)21(16-10-9-15-20(21)22)18-13-7-4-8-14-18/h2-8,11-14,19H,1,9-10,15-16H2/t19-,21-/m1/s1. The van der Waals surface area contributed by atoms with Crippen molar-refractivity contribution in [3.05, 3.63) is 84.4 Å². The topological polar surface area (TPSA) is 17.1 Å². The Morgan fingerprint density at radius 3 is 2.18 bits per heavy atom. The van der Waals surface area contributed by atoms with Crippen molar-refractivity contribution in [3.8, 4) is 0 Å². The van der Waals surface area contributed by atoms with Gasteiger partial charge < -0.3 is 0 Å². The molecule has 2 aromatic rings. The first-order valence-electron chi connectivity index (χ1n) is 8.05. The molecule has 0 N–H and O–H groups in total. The number of Topliss-reactive ketones (excluding diaryl/α,β-unsaturated/α-hetero) is 1. The fourth-order valence-corrected chi connectivity index (χ4v) is 3.88. The van der Waals surface area contributed by atoms with Crippen LogP contribution >= 0.6 is 0 Å². The second-order valence-electron chi connectivity index (χ2n) is 6.09. The van der Waals surface area contributed by atoms with Crippen LogP contribution in [0.15, 0.2) is 73.3 Å². The molecule has 0 unspecified atom stereocenters. The molecule has 0 aromatic heterocycles. The van der Waals surface area contributed by atoms with Crippen molar-refractivity contribution in [2.24, 2.45) is 0 Å². The maximum absolute atomic E-state index is 13.0. The molecule has 112 valence electrons. The number of benzene rings is 2. The summed E-state index contributed by atoms with van der Waals surface area (Å²) in [6.45, 7) is 4.07. The van der Waals surface area contributed by atoms with Gasteiger partial charge in [-0.3, -0.25) is 4.79 Å². The van der Waals surface area contributed by atoms with Gasteiger partial charge in [-0.25, -0.2) is 0 Å². The van der Waals surface area contributed by atoms with Crippen LogP contribution in [0.3, 0.4) is 0 Å². The summed E-state index contributed by atoms with van der Waals surface area (Å²) in [6, 6.07) is 20.6. The normalized spacial score (nSPS) is 23.0. The summed E-state index contributed by atoms with van der Waals surface area (Å²) in [5.74, 6) is 0.391. The Hall–Kier alpha value is -2.15. The van der Waals surface area contributed by atoms with Gasteiger partial charge >= 0.3 is 0 Å². The summed E-state index contributed by atoms with van der Waals surface area (Å²) in [5.41, 5.74) is 1.85. The first-order chi connectivity index (χ1) is 10.8. The molecule has 0 saturated heterocycles. The van der Waals surface area contributed by atoms with Gasteiger partial charge in [0.15, 0.2) is 0 Å². The van der Waals surface area contributed by atoms with Crippen molar-refractivity contribution in [3.63, 3.8) is 0 Å². The number of hydrogen-bond donors (Lipinski definition) is 0. The van der Waals surface area contributed by atoms with E-state index in [2.05, 4.69) is 30.8 Å². The van der Waals surface area contributed by atoms with Crippen LogP contribution in [-0.2, 0) is 10.2 Å². The van der Waals surface area contributed by atoms with Crippen LogP contribution in [0, 0.1) is 0 Å². The van der Waals surface area contributed by atoms with Gasteiger partial charge in [-0.1, -0.05) is 73.2 Å². The molecule has 0 radical (unpaired) electrons. The van der Waals surface area contributed by atoms with Gasteiger partial charge in [0.25, 0.3) is 0 Å². The maximum Gasteiger partial charge on any atom is 0.144 e. The number of carbonyl (C=O) groups is 1. The summed E-state index contributed by atoms with van der Waals surface area (Å²) in [7, 11) is 0. The third-order valence-corrected chi connectivity index (χ3v) is 4.94. The molecule has 0 heterocycles. The Balaban J connectivity index is 2.17. The lowest BCUT2D eigenvalue weighted by Crippen LogP contribution is -2.43. The van der Waals surface area contributed by atoms with E-state index in [0.29, 0.717) is 12.2 Å². The van der Waals surface area contributed by atoms with E-state index in [-0.39, 0.29) is 5.92 Å². The van der Waals surface area contributed by atoms with Crippen molar-refractivity contribution in [2.45, 2.75) is 37.0 Å². The Morgan fingerprint density at radius 2 is 1.59 bits per heavy atom. The molecule has 1 nitrogen and oxygen atoms in total. The highest BCUT2D eigenvalue weighted by Gasteiger charge is 2.46. The van der Waals surface area contributed by atoms with Crippen molar-refractivity contribution in [2.75, 3.05) is 0 Å². The van der Waals surface area contributed by atoms with E-state index in [0.717, 1.165) is 24.8 Å². The van der Waals surface area contributed by atoms with Crippen LogP contribution in [0.4, 0.5) is 0 Å². The first-order valence-corrected chi connectivity index (χ1v) is 8.05. The predicted octanol–water partition coefficient (Wildman–Crippen LogP) is 5.04. The van der Waals surface area contributed by atoms with E-state index < -0.39 is 5.41 Å². The lowest BCUT2D eigenvalue weighted by atomic mass is 9.59. The summed E-state index contributed by atoms with van der Waals surface area (Å²) < 4.78 is 0. The first kappa shape index (κ1) is 14.8. The minimum absolute atomic E-state index is 0.0314. The number of carbonyl (C=O) groups excluding carboxylic acids is 1. The van der Waals surface area contributed by atoms with Gasteiger partial charge in [0.1, 0.15) is 5.78 Å². The number of ketones is 1. The maximum atomic E-state index is 13.0. The quantitative estimate of drug-likeness (QED) is 0.721. The highest BCUT2D eigenvalue weighted by atomic mass is 16.1. The van der Waals surface area contributed by atoms with Gasteiger partial charge in [0, 0.05) is 12.3 Å². The monoisotopic (exact) mass is 290 g/mol. The number of rotatable bonds is 4. The van der Waals surface area contributed by atoms with Crippen molar-refractivity contribution in [1.29, 1.82) is 0 Å². The van der Waals surface area contributed by atoms with Gasteiger partial charge in [-0.05, 0) is 24.0 Å². The Bertz CT molecular complexity index is 644. The van der Waals surface area contributed by atoms with Gasteiger partial charge in [0.2, 0.25) is 0 Å². The van der Waals surface area contributed by atoms with E-state index in [4.69, 9.17) is 0 Å². The highest BCUT2D eigenvalue weighted by molar-refractivity contribution is 5.92. The Kier molecular flexibility index (Phi) is 4.24. The molecule has 1 aliphatic carbocycles. The average molecular weight is 290 g/mol. The average Bonchev–Trinajstić information content (AvgIpc) is 2.59. The molecule has 0 aliphatic heterocycles. The molecule has 3 rings (SSSR count). The van der Waals surface area contributed by atoms with E-state index in [1.54, 1.807) is 0 Å². The van der Waals surface area contributed by atoms with Crippen LogP contribution in [0.5, 0.6) is 0 Å². The third-order valence-electron chi connectivity index (χ3n) is 4.94. The zero-order chi connectivity index (χ0) is 15.4. The SMILES string of the molecule is C=C[C@H](c1ccccc1)[C@]1(c2ccccc2)CCCCC1=O. The molecule has 1 aliphatic rings. The fourth-order valence-electron chi connectivity index (χ4n) is 3.88. The lowest BCUT2D eigenvalue weighted by Gasteiger charge is -2.42. The third kappa shape index (κ3) is 2.41. The largest absolute Gasteiger partial charge is 0.299 e. The van der Waals surface area contributed by atoms with Gasteiger partial charge in [0.05, 0.1) is 5.41 Å². The molecule has 1 fully saturated rings. The van der Waals surface area contributed by atoms with Crippen LogP contribution in [0.25, 0.3) is 0 Å². The molecule has 0 amide bonds. The predicted molar refractivity (Wildman–Crippen MR) is 91.0 cm³/mol. The van der Waals surface area contributed by atoms with Crippen LogP contribution in [0.2, 0.25) is 0 Å². The summed E-state index contributed by atoms with van der Waals surface area (Å²) in [5, 5.41) is 0. The summed E-state index contributed by atoms with van der Waals surface area (Å²) in [4.78, 5) is 13.0. The zero-order valence-corrected chi connectivity index (χ0v) is 12.9. The van der Waals surface area contributed by atoms with E-state index >= 15 is 0 Å². The van der Waals surface area contributed by atoms with Gasteiger partial charge in [-0.15, -0.1) is 6.58 Å². The summed E-state index contributed by atoms with van der Waals surface area (Å²) >= 11 is 0. The second-order valence-corrected chi connectivity index (χ2v) is 6.09. The zero-order valence-electron chi connectivity index (χ0n) is 12.9. The van der Waals surface area contributed by atoms with Crippen molar-refractivity contribution >= 4 is 5.78 Å². The number of allylic oxidation sites excluding steroid dienone is 1. The smallest absolute Gasteiger partial charge is 0.144 e. The molecular formula is C21H22O. The molecule has 22 heavy (non-hydrogen) atoms. The minimum atomic E-state index is -0.456. The summed E-state index contributed by atoms with van der Waals surface area (Å²) in [6.07, 6.45) is 5.64. The van der Waals surface area contributed by atoms with Crippen LogP contribution < -0.4 is 0 Å². The fraction of sp³-hybridized carbons (Fsp3) is 0.286. The molecule has 0 spiro atoms. The Morgan fingerprint density at radius 1 is 0.955 bits per heavy atom. The van der Waals surface area contributed by atoms with Gasteiger partial charge in [-0.2, -0.15) is 0 Å². The lowest BCUT2D eigenvalue weighted by molar-refractivity contribution is -0.127. The highest BCUT2D eigenvalue weighted by Crippen LogP contribution is 2.47. The second kappa shape index (κ2) is 6.31. The van der Waals surface area contributed by atoms with Crippen LogP contribution in [-0.4, -0.2) is 5.78 Å². The van der Waals surface area contributed by atoms with Crippen molar-refractivity contribution < 1.29 is 4.79 Å². The molecule has 1 saturated carbocycles. The van der Waals surface area contributed by atoms with Crippen molar-refractivity contribution in [1.82, 2.24) is 0 Å². The molecular weight excluding hydrogens is 268 g/mol. The molecule has 2 atom stereocenters. The van der Waals surface area contributed by atoms with E-state index in [1.165, 1.54) is 5.56 Å².